The molecular formula is C15H16N2O4S2. The van der Waals surface area contributed by atoms with Crippen molar-refractivity contribution in [3.63, 3.8) is 0 Å². The van der Waals surface area contributed by atoms with E-state index in [1.807, 2.05) is 28.4 Å². The summed E-state index contributed by atoms with van der Waals surface area (Å²) in [6.45, 7) is 0. The van der Waals surface area contributed by atoms with Gasteiger partial charge in [0.25, 0.3) is 0 Å². The van der Waals surface area contributed by atoms with Crippen molar-refractivity contribution in [2.45, 2.75) is 23.8 Å². The summed E-state index contributed by atoms with van der Waals surface area (Å²) in [7, 11) is -7.96. The Morgan fingerprint density at radius 1 is 1.00 bits per heavy atom. The van der Waals surface area contributed by atoms with Gasteiger partial charge in [0.1, 0.15) is 0 Å². The van der Waals surface area contributed by atoms with Crippen molar-refractivity contribution < 1.29 is 16.8 Å². The Balaban J connectivity index is 1.74. The van der Waals surface area contributed by atoms with E-state index in [0.29, 0.717) is 18.4 Å². The maximum atomic E-state index is 12.4. The molecule has 2 aromatic rings. The topological polar surface area (TPSA) is 93.2 Å². The molecule has 1 aromatic heterocycles. The number of nitrogens with zero attached hydrogens (tertiary/aromatic N) is 1. The highest BCUT2D eigenvalue weighted by atomic mass is 32.3. The molecule has 0 radical (unpaired) electrons. The van der Waals surface area contributed by atoms with Crippen LogP contribution in [0.4, 0.5) is 0 Å². The van der Waals surface area contributed by atoms with Gasteiger partial charge in [0.15, 0.2) is 0 Å². The van der Waals surface area contributed by atoms with Crippen LogP contribution in [0.2, 0.25) is 0 Å². The molecule has 122 valence electrons. The fourth-order valence-electron chi connectivity index (χ4n) is 2.72. The van der Waals surface area contributed by atoms with E-state index in [0.717, 1.165) is 11.1 Å². The first-order valence-electron chi connectivity index (χ1n) is 7.06. The van der Waals surface area contributed by atoms with E-state index >= 15 is 0 Å². The maximum Gasteiger partial charge on any atom is 0.228 e. The highest BCUT2D eigenvalue weighted by molar-refractivity contribution is 8.04. The highest BCUT2D eigenvalue weighted by Crippen LogP contribution is 2.26. The van der Waals surface area contributed by atoms with Gasteiger partial charge in [0, 0.05) is 12.4 Å². The average molecular weight is 352 g/mol. The third kappa shape index (κ3) is 3.77. The molecule has 0 amide bonds. The summed E-state index contributed by atoms with van der Waals surface area (Å²) < 4.78 is 50.9. The van der Waals surface area contributed by atoms with E-state index < -0.39 is 31.0 Å². The Hall–Kier alpha value is -1.77. The zero-order valence-corrected chi connectivity index (χ0v) is 13.8. The summed E-state index contributed by atoms with van der Waals surface area (Å²) >= 11 is 0. The molecule has 1 heterocycles. The first-order valence-corrected chi connectivity index (χ1v) is 10.3. The molecule has 0 saturated carbocycles. The second-order valence-corrected chi connectivity index (χ2v) is 9.49. The smallest absolute Gasteiger partial charge is 0.228 e. The summed E-state index contributed by atoms with van der Waals surface area (Å²) in [5.41, 5.74) is 2.34. The number of nitrogens with one attached hydrogen (secondary N) is 1. The fraction of sp³-hybridized carbons (Fsp3) is 0.267. The van der Waals surface area contributed by atoms with E-state index in [1.165, 1.54) is 12.4 Å². The maximum absolute atomic E-state index is 12.4. The number of aromatic nitrogens is 1. The third-order valence-electron chi connectivity index (χ3n) is 3.77. The Kier molecular flexibility index (Phi) is 4.22. The molecular weight excluding hydrogens is 336 g/mol. The normalized spacial score (nSPS) is 15.5. The molecule has 3 rings (SSSR count). The van der Waals surface area contributed by atoms with Crippen molar-refractivity contribution in [1.29, 1.82) is 0 Å². The molecule has 0 unspecified atom stereocenters. The lowest BCUT2D eigenvalue weighted by atomic mass is 10.1. The monoisotopic (exact) mass is 352 g/mol. The predicted octanol–water partition coefficient (Wildman–Crippen LogP) is 0.998. The number of pyridine rings is 1. The van der Waals surface area contributed by atoms with E-state index in [9.17, 15) is 16.8 Å². The molecule has 0 atom stereocenters. The lowest BCUT2D eigenvalue weighted by molar-refractivity contribution is 0.566. The largest absolute Gasteiger partial charge is 0.264 e. The molecule has 1 N–H and O–H groups in total. The highest BCUT2D eigenvalue weighted by Gasteiger charge is 2.34. The first-order chi connectivity index (χ1) is 10.9. The van der Waals surface area contributed by atoms with Gasteiger partial charge in [-0.2, -0.15) is 0 Å². The zero-order chi connectivity index (χ0) is 16.5. The van der Waals surface area contributed by atoms with Gasteiger partial charge in [-0.15, -0.1) is 4.13 Å². The standard InChI is InChI=1S/C15H16N2O4S2/c18-22(19,11-12-4-3-7-16-10-12)17-23(20,21)15-8-13-5-1-2-6-14(13)9-15/h1-7,10,15,17H,8-9,11H2. The van der Waals surface area contributed by atoms with E-state index in [-0.39, 0.29) is 0 Å². The van der Waals surface area contributed by atoms with E-state index in [4.69, 9.17) is 0 Å². The predicted molar refractivity (Wildman–Crippen MR) is 86.6 cm³/mol. The number of benzene rings is 1. The molecule has 0 spiro atoms. The van der Waals surface area contributed by atoms with Crippen LogP contribution < -0.4 is 4.13 Å². The minimum absolute atomic E-state index is 0.327. The van der Waals surface area contributed by atoms with Crippen LogP contribution in [-0.4, -0.2) is 27.1 Å². The van der Waals surface area contributed by atoms with Gasteiger partial charge >= 0.3 is 0 Å². The summed E-state index contributed by atoms with van der Waals surface area (Å²) in [5.74, 6) is -0.417. The van der Waals surface area contributed by atoms with Crippen molar-refractivity contribution in [3.8, 4) is 0 Å². The third-order valence-corrected chi connectivity index (χ3v) is 7.64. The van der Waals surface area contributed by atoms with Gasteiger partial charge in [-0.25, -0.2) is 16.8 Å². The molecule has 23 heavy (non-hydrogen) atoms. The number of hydrogen-bond donors (Lipinski definition) is 1. The second-order valence-electron chi connectivity index (χ2n) is 5.55. The number of sulfonamides is 2. The van der Waals surface area contributed by atoms with Crippen LogP contribution in [0, 0.1) is 0 Å². The van der Waals surface area contributed by atoms with Crippen molar-refractivity contribution in [2.75, 3.05) is 0 Å². The fourth-order valence-corrected chi connectivity index (χ4v) is 6.32. The number of hydrogen-bond acceptors (Lipinski definition) is 5. The summed E-state index contributed by atoms with van der Waals surface area (Å²) in [6, 6.07) is 10.6. The molecule has 0 fully saturated rings. The quantitative estimate of drug-likeness (QED) is 0.866. The van der Waals surface area contributed by atoms with E-state index in [2.05, 4.69) is 4.98 Å². The molecule has 1 aliphatic carbocycles. The molecule has 0 saturated heterocycles. The van der Waals surface area contributed by atoms with Crippen LogP contribution in [0.1, 0.15) is 16.7 Å². The lowest BCUT2D eigenvalue weighted by Gasteiger charge is -2.12. The molecule has 6 nitrogen and oxygen atoms in total. The summed E-state index contributed by atoms with van der Waals surface area (Å²) in [6.07, 6.45) is 3.58. The Bertz CT molecular complexity index is 885. The first kappa shape index (κ1) is 16.1. The molecule has 0 aliphatic heterocycles. The summed E-state index contributed by atoms with van der Waals surface area (Å²) in [4.78, 5) is 3.83. The second kappa shape index (κ2) is 6.03. The lowest BCUT2D eigenvalue weighted by Crippen LogP contribution is -2.39. The van der Waals surface area contributed by atoms with Crippen molar-refractivity contribution >= 4 is 20.0 Å². The minimum Gasteiger partial charge on any atom is -0.264 e. The van der Waals surface area contributed by atoms with Crippen LogP contribution in [0.3, 0.4) is 0 Å². The minimum atomic E-state index is -4.00. The van der Waals surface area contributed by atoms with Gasteiger partial charge in [-0.05, 0) is 35.6 Å². The van der Waals surface area contributed by atoms with Crippen LogP contribution in [0.25, 0.3) is 0 Å². The van der Waals surface area contributed by atoms with Gasteiger partial charge in [-0.1, -0.05) is 30.3 Å². The number of rotatable bonds is 5. The van der Waals surface area contributed by atoms with Gasteiger partial charge in [0.05, 0.1) is 11.0 Å². The molecule has 0 bridgehead atoms. The Labute approximate surface area is 135 Å². The average Bonchev–Trinajstić information content (AvgIpc) is 2.91. The molecule has 1 aromatic carbocycles. The van der Waals surface area contributed by atoms with Gasteiger partial charge in [-0.3, -0.25) is 4.98 Å². The Morgan fingerprint density at radius 2 is 1.65 bits per heavy atom. The molecule has 8 heteroatoms. The van der Waals surface area contributed by atoms with Gasteiger partial charge in [0.2, 0.25) is 20.0 Å². The SMILES string of the molecule is O=S(=O)(Cc1cccnc1)NS(=O)(=O)C1Cc2ccccc2C1. The Morgan fingerprint density at radius 3 is 2.22 bits per heavy atom. The van der Waals surface area contributed by atoms with Gasteiger partial charge < -0.3 is 0 Å². The van der Waals surface area contributed by atoms with Crippen molar-refractivity contribution in [1.82, 2.24) is 9.11 Å². The van der Waals surface area contributed by atoms with Crippen LogP contribution in [0.5, 0.6) is 0 Å². The molecule has 1 aliphatic rings. The number of fused-ring (bicyclic) bond motifs is 1. The van der Waals surface area contributed by atoms with Crippen LogP contribution in [-0.2, 0) is 38.6 Å². The van der Waals surface area contributed by atoms with E-state index in [1.54, 1.807) is 12.1 Å². The van der Waals surface area contributed by atoms with Crippen LogP contribution in [0.15, 0.2) is 48.8 Å². The zero-order valence-electron chi connectivity index (χ0n) is 12.2. The van der Waals surface area contributed by atoms with Crippen molar-refractivity contribution in [3.05, 3.63) is 65.5 Å². The van der Waals surface area contributed by atoms with Crippen molar-refractivity contribution in [2.24, 2.45) is 0 Å². The summed E-state index contributed by atoms with van der Waals surface area (Å²) in [5, 5.41) is -0.761. The van der Waals surface area contributed by atoms with Crippen LogP contribution >= 0.6 is 0 Å².